The number of imidazole rings is 1. The first kappa shape index (κ1) is 38.2. The lowest BCUT2D eigenvalue weighted by Crippen LogP contribution is -2.46. The van der Waals surface area contributed by atoms with E-state index in [-0.39, 0.29) is 28.2 Å². The number of ether oxygens (including phenoxy) is 3. The molecule has 28 heteroatoms. The van der Waals surface area contributed by atoms with Crippen molar-refractivity contribution in [2.24, 2.45) is 0 Å². The zero-order valence-corrected chi connectivity index (χ0v) is 27.9. The van der Waals surface area contributed by atoms with Crippen LogP contribution < -0.4 is 20.9 Å². The van der Waals surface area contributed by atoms with E-state index < -0.39 is 91.7 Å². The Kier molecular flexibility index (Phi) is 11.1. The highest BCUT2D eigenvalue weighted by Gasteiger charge is 2.51. The van der Waals surface area contributed by atoms with Crippen molar-refractivity contribution in [3.8, 4) is 0 Å². The van der Waals surface area contributed by atoms with Gasteiger partial charge in [0.25, 0.3) is 14.1 Å². The molecular weight excluding hydrogens is 743 g/mol. The largest absolute Gasteiger partial charge is 0.756 e. The van der Waals surface area contributed by atoms with Gasteiger partial charge >= 0.3 is 21.6 Å². The van der Waals surface area contributed by atoms with Crippen molar-refractivity contribution in [3.05, 3.63) is 36.7 Å². The molecule has 10 N–H and O–H groups in total. The topological polar surface area (TPSA) is 377 Å². The number of aliphatic hydroxyl groups excluding tert-OH is 3. The summed E-state index contributed by atoms with van der Waals surface area (Å²) in [5.74, 6) is -0.886. The van der Waals surface area contributed by atoms with Crippen molar-refractivity contribution in [1.82, 2.24) is 19.5 Å². The maximum Gasteiger partial charge on any atom is 0.478 e. The summed E-state index contributed by atoms with van der Waals surface area (Å²) in [6.07, 6.45) is -8.94. The number of phosphoric ester groups is 3. The van der Waals surface area contributed by atoms with Crippen molar-refractivity contribution in [1.29, 1.82) is 0 Å². The quantitative estimate of drug-likeness (QED) is 0.0480. The number of methoxy groups -OCH3 is 1. The van der Waals surface area contributed by atoms with Crippen molar-refractivity contribution in [3.63, 3.8) is 0 Å². The lowest BCUT2D eigenvalue weighted by atomic mass is 10.1. The van der Waals surface area contributed by atoms with Crippen LogP contribution in [0.5, 0.6) is 0 Å². The molecule has 2 unspecified atom stereocenters. The maximum atomic E-state index is 12.6. The van der Waals surface area contributed by atoms with E-state index in [2.05, 4.69) is 37.6 Å². The number of esters is 1. The number of aromatic nitrogens is 5. The molecule has 0 bridgehead atoms. The van der Waals surface area contributed by atoms with E-state index in [0.29, 0.717) is 0 Å². The molecule has 2 saturated heterocycles. The van der Waals surface area contributed by atoms with Gasteiger partial charge in [-0.3, -0.25) is 18.2 Å². The molecule has 2 fully saturated rings. The molecular formula is C22H30N7O18P3. The average molecular weight is 773 g/mol. The number of nitrogens with zero attached hydrogens (tertiary/aromatic N) is 5. The number of fused-ring (bicyclic) bond motifs is 1. The minimum Gasteiger partial charge on any atom is -0.756 e. The molecule has 0 saturated carbocycles. The standard InChI is InChI=1S/C22H30N7O18P3/c1-41-22(33)9-4-28(3-2-10(9)23)20-16(32)14(30)11(44-20)5-42-49(37,38)47-50(39,40)43-6-12-15(31)17(46-48(34,35)36)21(45-12)29-8-27-13-18(24)25-7-26-19(13)29/h2-4,7-8,11-12,14-17,20-21,23,30-32H,5-6H2,1H3,(H6,24,25,26,34,35,36,37,38,39,40)/t11-,12-,14-,15-,16-,17-,20-,21-/m1/s1. The van der Waals surface area contributed by atoms with Gasteiger partial charge in [-0.05, 0) is 0 Å². The zero-order chi connectivity index (χ0) is 36.8. The van der Waals surface area contributed by atoms with Gasteiger partial charge in [-0.2, -0.15) is 4.57 Å². The third-order valence-corrected chi connectivity index (χ3v) is 10.4. The molecule has 0 aromatic carbocycles. The molecule has 50 heavy (non-hydrogen) atoms. The SMILES string of the molecule is COC(=O)c1c[n+]([C@@H]2O[C@H](COP(=O)([O-])OP(=O)(O)OC[C@H]3O[C@@H](n4cnc5c(N)ncnc54)[C@H](OP(=O)(O)O)[C@@H]3O)[C@@H](O)[C@H]2O)ccc1N. The number of anilines is 2. The van der Waals surface area contributed by atoms with Crippen LogP contribution in [0.25, 0.3) is 11.2 Å². The zero-order valence-electron chi connectivity index (χ0n) is 25.2. The Morgan fingerprint density at radius 1 is 1.02 bits per heavy atom. The number of hydrogen-bond acceptors (Lipinski definition) is 20. The number of hydrogen-bond donors (Lipinski definition) is 8. The van der Waals surface area contributed by atoms with Crippen molar-refractivity contribution < 1.29 is 90.0 Å². The monoisotopic (exact) mass is 773 g/mol. The van der Waals surface area contributed by atoms with Gasteiger partial charge in [-0.15, -0.1) is 0 Å². The molecule has 3 aromatic heterocycles. The summed E-state index contributed by atoms with van der Waals surface area (Å²) in [6, 6.07) is 1.28. The van der Waals surface area contributed by atoms with Gasteiger partial charge in [0.15, 0.2) is 36.2 Å². The first-order chi connectivity index (χ1) is 23.3. The number of pyridine rings is 1. The molecule has 276 valence electrons. The summed E-state index contributed by atoms with van der Waals surface area (Å²) in [4.78, 5) is 65.0. The van der Waals surface area contributed by atoms with Crippen LogP contribution in [0.3, 0.4) is 0 Å². The van der Waals surface area contributed by atoms with Crippen LogP contribution in [-0.4, -0.2) is 112 Å². The molecule has 0 aliphatic carbocycles. The average Bonchev–Trinajstić information content (AvgIpc) is 3.68. The number of nitrogens with two attached hydrogens (primary N) is 2. The summed E-state index contributed by atoms with van der Waals surface area (Å²) < 4.78 is 72.7. The number of carbonyl (C=O) groups excluding carboxylic acids is 1. The van der Waals surface area contributed by atoms with Gasteiger partial charge in [0.1, 0.15) is 47.9 Å². The number of carbonyl (C=O) groups is 1. The number of phosphoric acid groups is 3. The Morgan fingerprint density at radius 3 is 2.38 bits per heavy atom. The van der Waals surface area contributed by atoms with E-state index in [1.54, 1.807) is 0 Å². The van der Waals surface area contributed by atoms with Crippen molar-refractivity contribution >= 4 is 52.1 Å². The van der Waals surface area contributed by atoms with E-state index in [0.717, 1.165) is 35.1 Å². The summed E-state index contributed by atoms with van der Waals surface area (Å²) in [5.41, 5.74) is 11.5. The molecule has 0 radical (unpaired) electrons. The fraction of sp³-hybridized carbons (Fsp3) is 0.500. The van der Waals surface area contributed by atoms with Gasteiger partial charge in [-0.1, -0.05) is 0 Å². The second kappa shape index (κ2) is 14.5. The molecule has 2 aliphatic rings. The highest BCUT2D eigenvalue weighted by molar-refractivity contribution is 7.60. The van der Waals surface area contributed by atoms with Crippen LogP contribution in [0.1, 0.15) is 22.8 Å². The highest BCUT2D eigenvalue weighted by Crippen LogP contribution is 2.58. The van der Waals surface area contributed by atoms with Gasteiger partial charge in [-0.25, -0.2) is 33.2 Å². The summed E-state index contributed by atoms with van der Waals surface area (Å²) in [6.45, 7) is -2.16. The molecule has 5 rings (SSSR count). The van der Waals surface area contributed by atoms with E-state index in [1.807, 2.05) is 0 Å². The Bertz CT molecular complexity index is 1880. The van der Waals surface area contributed by atoms with E-state index in [9.17, 15) is 53.4 Å². The van der Waals surface area contributed by atoms with E-state index in [4.69, 9.17) is 20.9 Å². The first-order valence-electron chi connectivity index (χ1n) is 13.9. The fourth-order valence-electron chi connectivity index (χ4n) is 4.99. The van der Waals surface area contributed by atoms with Crippen LogP contribution in [0.4, 0.5) is 11.5 Å². The normalized spacial score (nSPS) is 29.5. The number of rotatable bonds is 13. The molecule has 5 heterocycles. The van der Waals surface area contributed by atoms with Gasteiger partial charge < -0.3 is 65.1 Å². The fourth-order valence-corrected chi connectivity index (χ4v) is 7.59. The van der Waals surface area contributed by atoms with Crippen molar-refractivity contribution in [2.75, 3.05) is 31.8 Å². The number of nitrogen functional groups attached to an aromatic ring is 2. The van der Waals surface area contributed by atoms with Crippen LogP contribution in [0.15, 0.2) is 31.1 Å². The molecule has 25 nitrogen and oxygen atoms in total. The Morgan fingerprint density at radius 2 is 1.70 bits per heavy atom. The predicted molar refractivity (Wildman–Crippen MR) is 155 cm³/mol. The second-order valence-electron chi connectivity index (χ2n) is 10.6. The summed E-state index contributed by atoms with van der Waals surface area (Å²) in [7, 11) is -15.5. The van der Waals surface area contributed by atoms with E-state index in [1.165, 1.54) is 12.3 Å². The molecule has 0 amide bonds. The van der Waals surface area contributed by atoms with Crippen LogP contribution >= 0.6 is 23.5 Å². The summed E-state index contributed by atoms with van der Waals surface area (Å²) in [5, 5.41) is 31.7. The Balaban J connectivity index is 1.21. The van der Waals surface area contributed by atoms with Gasteiger partial charge in [0.05, 0.1) is 32.3 Å². The highest BCUT2D eigenvalue weighted by atomic mass is 31.3. The molecule has 3 aromatic rings. The molecule has 0 spiro atoms. The van der Waals surface area contributed by atoms with Gasteiger partial charge in [0, 0.05) is 6.07 Å². The van der Waals surface area contributed by atoms with E-state index >= 15 is 0 Å². The smallest absolute Gasteiger partial charge is 0.478 e. The third kappa shape index (κ3) is 8.35. The number of aliphatic hydroxyl groups is 3. The van der Waals surface area contributed by atoms with Crippen LogP contribution in [-0.2, 0) is 45.8 Å². The second-order valence-corrected chi connectivity index (χ2v) is 14.8. The lowest BCUT2D eigenvalue weighted by Gasteiger charge is -2.26. The molecule has 2 aliphatic heterocycles. The first-order valence-corrected chi connectivity index (χ1v) is 18.3. The van der Waals surface area contributed by atoms with Crippen molar-refractivity contribution in [2.45, 2.75) is 49.1 Å². The minimum atomic E-state index is -5.75. The third-order valence-electron chi connectivity index (χ3n) is 7.29. The Labute approximate surface area is 279 Å². The minimum absolute atomic E-state index is 0.00982. The Hall–Kier alpha value is -3.06. The predicted octanol–water partition coefficient (Wildman–Crippen LogP) is -3.26. The van der Waals surface area contributed by atoms with Crippen LogP contribution in [0, 0.1) is 0 Å². The van der Waals surface area contributed by atoms with Gasteiger partial charge in [0.2, 0.25) is 0 Å². The summed E-state index contributed by atoms with van der Waals surface area (Å²) >= 11 is 0. The van der Waals surface area contributed by atoms with Crippen LogP contribution in [0.2, 0.25) is 0 Å². The molecule has 10 atom stereocenters. The lowest BCUT2D eigenvalue weighted by molar-refractivity contribution is -0.765. The maximum absolute atomic E-state index is 12.6.